The quantitative estimate of drug-likeness (QED) is 0.184. The summed E-state index contributed by atoms with van der Waals surface area (Å²) in [5.41, 5.74) is 16.8. The molecule has 5 aromatic rings. The molecule has 3 heterocycles. The Kier molecular flexibility index (Phi) is 6.04. The van der Waals surface area contributed by atoms with E-state index in [-0.39, 0.29) is 12.1 Å². The van der Waals surface area contributed by atoms with Gasteiger partial charge in [-0.15, -0.1) is 11.3 Å². The fraction of sp³-hybridized carbons (Fsp3) is 0.143. The van der Waals surface area contributed by atoms with Crippen LogP contribution in [0.2, 0.25) is 0 Å². The largest absolute Gasteiger partial charge is 0.312 e. The van der Waals surface area contributed by atoms with Crippen molar-refractivity contribution >= 4 is 73.8 Å². The maximum atomic E-state index is 4.65. The molecule has 46 heavy (non-hydrogen) atoms. The van der Waals surface area contributed by atoms with Crippen LogP contribution in [0.5, 0.6) is 0 Å². The molecule has 0 amide bonds. The summed E-state index contributed by atoms with van der Waals surface area (Å²) < 4.78 is 0. The van der Waals surface area contributed by atoms with Gasteiger partial charge in [0, 0.05) is 38.7 Å². The lowest BCUT2D eigenvalue weighted by Crippen LogP contribution is -2.61. The molecule has 0 saturated carbocycles. The molecule has 0 radical (unpaired) electrons. The standard InChI is InChI=1S/C42H35BN2S/c1-27-38(26-32-28(2)42(3,4)33-21-12-11-20-31(32)33)46-41-39(27)43-34-22-13-14-23-35(34)44(29-16-7-5-8-17-29)36-24-15-25-37(40(36)43)45(41)30-18-9-6-10-19-30/h6-7,9-26H,2,5,8H2,1,3-4H3/b32-26+. The normalized spacial score (nSPS) is 17.9. The Morgan fingerprint density at radius 2 is 1.50 bits per heavy atom. The zero-order valence-electron chi connectivity index (χ0n) is 26.5. The van der Waals surface area contributed by atoms with Crippen LogP contribution < -0.4 is 26.2 Å². The molecular weight excluding hydrogens is 575 g/mol. The highest BCUT2D eigenvalue weighted by Gasteiger charge is 2.45. The number of benzene rings is 4. The van der Waals surface area contributed by atoms with E-state index in [2.05, 4.69) is 159 Å². The number of anilines is 5. The number of fused-ring (bicyclic) bond motifs is 5. The lowest BCUT2D eigenvalue weighted by Gasteiger charge is -2.43. The van der Waals surface area contributed by atoms with Gasteiger partial charge in [0.15, 0.2) is 0 Å². The molecule has 222 valence electrons. The summed E-state index contributed by atoms with van der Waals surface area (Å²) in [6.45, 7) is 11.7. The van der Waals surface area contributed by atoms with E-state index < -0.39 is 0 Å². The highest BCUT2D eigenvalue weighted by atomic mass is 32.1. The van der Waals surface area contributed by atoms with E-state index in [0.717, 1.165) is 12.8 Å². The predicted octanol–water partition coefficient (Wildman–Crippen LogP) is 9.43. The highest BCUT2D eigenvalue weighted by molar-refractivity contribution is 7.21. The van der Waals surface area contributed by atoms with Crippen molar-refractivity contribution in [2.45, 2.75) is 39.0 Å². The Bertz CT molecular complexity index is 2180. The molecule has 0 bridgehead atoms. The van der Waals surface area contributed by atoms with Crippen LogP contribution in [-0.4, -0.2) is 6.71 Å². The second kappa shape index (κ2) is 10.1. The molecule has 4 aliphatic rings. The van der Waals surface area contributed by atoms with Crippen molar-refractivity contribution in [2.75, 3.05) is 9.80 Å². The molecule has 2 aliphatic heterocycles. The van der Waals surface area contributed by atoms with Crippen molar-refractivity contribution < 1.29 is 0 Å². The molecule has 0 spiro atoms. The van der Waals surface area contributed by atoms with Gasteiger partial charge in [0.05, 0.1) is 5.00 Å². The number of para-hydroxylation sites is 2. The van der Waals surface area contributed by atoms with E-state index in [4.69, 9.17) is 0 Å². The minimum absolute atomic E-state index is 0.0948. The number of hydrogen-bond acceptors (Lipinski definition) is 3. The van der Waals surface area contributed by atoms with Gasteiger partial charge in [-0.2, -0.15) is 0 Å². The first-order valence-corrected chi connectivity index (χ1v) is 17.1. The summed E-state index contributed by atoms with van der Waals surface area (Å²) in [6.07, 6.45) is 11.6. The molecule has 0 unspecified atom stereocenters. The van der Waals surface area contributed by atoms with E-state index >= 15 is 0 Å². The number of allylic oxidation sites excluding steroid dienone is 5. The van der Waals surface area contributed by atoms with Gasteiger partial charge in [0.1, 0.15) is 0 Å². The van der Waals surface area contributed by atoms with Crippen LogP contribution in [0.1, 0.15) is 48.3 Å². The topological polar surface area (TPSA) is 6.48 Å². The molecule has 4 heteroatoms. The molecular formula is C42H35BN2S. The molecule has 2 aliphatic carbocycles. The number of rotatable bonds is 3. The van der Waals surface area contributed by atoms with Crippen molar-refractivity contribution in [1.82, 2.24) is 0 Å². The minimum Gasteiger partial charge on any atom is -0.312 e. The number of thiophene rings is 1. The lowest BCUT2D eigenvalue weighted by atomic mass is 9.33. The first-order chi connectivity index (χ1) is 22.4. The van der Waals surface area contributed by atoms with Gasteiger partial charge in [0.2, 0.25) is 0 Å². The van der Waals surface area contributed by atoms with Crippen LogP contribution in [0.3, 0.4) is 0 Å². The Morgan fingerprint density at radius 1 is 0.783 bits per heavy atom. The summed E-state index contributed by atoms with van der Waals surface area (Å²) in [4.78, 5) is 6.32. The lowest BCUT2D eigenvalue weighted by molar-refractivity contribution is 0.663. The average Bonchev–Trinajstić information content (AvgIpc) is 3.51. The molecule has 0 atom stereocenters. The summed E-state index contributed by atoms with van der Waals surface area (Å²) in [6, 6.07) is 35.7. The van der Waals surface area contributed by atoms with Crippen molar-refractivity contribution in [3.05, 3.63) is 155 Å². The Morgan fingerprint density at radius 3 is 2.30 bits per heavy atom. The second-order valence-electron chi connectivity index (χ2n) is 13.3. The van der Waals surface area contributed by atoms with Crippen molar-refractivity contribution in [3.8, 4) is 0 Å². The highest BCUT2D eigenvalue weighted by Crippen LogP contribution is 2.51. The third kappa shape index (κ3) is 3.77. The molecule has 1 aromatic heterocycles. The van der Waals surface area contributed by atoms with Gasteiger partial charge in [0.25, 0.3) is 6.71 Å². The van der Waals surface area contributed by atoms with E-state index in [1.165, 1.54) is 82.5 Å². The van der Waals surface area contributed by atoms with Crippen LogP contribution in [0.25, 0.3) is 11.6 Å². The van der Waals surface area contributed by atoms with Crippen LogP contribution in [0.15, 0.2) is 133 Å². The summed E-state index contributed by atoms with van der Waals surface area (Å²) >= 11 is 1.92. The van der Waals surface area contributed by atoms with E-state index in [1.807, 2.05) is 11.3 Å². The summed E-state index contributed by atoms with van der Waals surface area (Å²) in [7, 11) is 0. The molecule has 0 saturated heterocycles. The van der Waals surface area contributed by atoms with Gasteiger partial charge in [-0.3, -0.25) is 0 Å². The number of hydrogen-bond donors (Lipinski definition) is 0. The fourth-order valence-corrected chi connectivity index (χ4v) is 9.45. The Labute approximate surface area is 276 Å². The average molecular weight is 611 g/mol. The zero-order chi connectivity index (χ0) is 31.2. The fourth-order valence-electron chi connectivity index (χ4n) is 8.13. The monoisotopic (exact) mass is 610 g/mol. The Hall–Kier alpha value is -4.80. The molecule has 0 N–H and O–H groups in total. The van der Waals surface area contributed by atoms with Crippen molar-refractivity contribution in [1.29, 1.82) is 0 Å². The van der Waals surface area contributed by atoms with Gasteiger partial charge in [-0.25, -0.2) is 0 Å². The third-order valence-electron chi connectivity index (χ3n) is 10.5. The molecule has 4 aromatic carbocycles. The summed E-state index contributed by atoms with van der Waals surface area (Å²) in [5.74, 6) is 0. The van der Waals surface area contributed by atoms with E-state index in [9.17, 15) is 0 Å². The van der Waals surface area contributed by atoms with Crippen molar-refractivity contribution in [2.24, 2.45) is 0 Å². The van der Waals surface area contributed by atoms with Gasteiger partial charge < -0.3 is 9.80 Å². The first-order valence-electron chi connectivity index (χ1n) is 16.3. The molecule has 2 nitrogen and oxygen atoms in total. The minimum atomic E-state index is -0.0948. The summed E-state index contributed by atoms with van der Waals surface area (Å²) in [5, 5.41) is 1.31. The second-order valence-corrected chi connectivity index (χ2v) is 14.4. The Balaban J connectivity index is 1.32. The first kappa shape index (κ1) is 27.5. The van der Waals surface area contributed by atoms with Gasteiger partial charge in [-0.05, 0) is 106 Å². The SMILES string of the molecule is C=C1/C(=C\c2sc3c(c2C)B2c4ccccc4N(C4=CCCC=C4)c4cccc(c42)N3c2ccccc2)c2ccccc2C1(C)C. The number of nitrogens with zero attached hydrogens (tertiary/aromatic N) is 2. The van der Waals surface area contributed by atoms with E-state index in [1.54, 1.807) is 0 Å². The van der Waals surface area contributed by atoms with Crippen molar-refractivity contribution in [3.63, 3.8) is 0 Å². The van der Waals surface area contributed by atoms with Crippen LogP contribution in [0.4, 0.5) is 27.8 Å². The maximum Gasteiger partial charge on any atom is 0.253 e. The van der Waals surface area contributed by atoms with Gasteiger partial charge >= 0.3 is 0 Å². The maximum absolute atomic E-state index is 4.65. The third-order valence-corrected chi connectivity index (χ3v) is 11.8. The van der Waals surface area contributed by atoms with Crippen LogP contribution in [0, 0.1) is 6.92 Å². The smallest absolute Gasteiger partial charge is 0.253 e. The molecule has 9 rings (SSSR count). The predicted molar refractivity (Wildman–Crippen MR) is 200 cm³/mol. The zero-order valence-corrected chi connectivity index (χ0v) is 27.4. The van der Waals surface area contributed by atoms with Crippen LogP contribution >= 0.6 is 11.3 Å². The van der Waals surface area contributed by atoms with E-state index in [0.29, 0.717) is 0 Å². The van der Waals surface area contributed by atoms with Crippen LogP contribution in [-0.2, 0) is 5.41 Å². The van der Waals surface area contributed by atoms with Gasteiger partial charge in [-0.1, -0.05) is 99.3 Å². The molecule has 0 fully saturated rings.